The summed E-state index contributed by atoms with van der Waals surface area (Å²) in [6.07, 6.45) is 2.29. The summed E-state index contributed by atoms with van der Waals surface area (Å²) >= 11 is 0. The van der Waals surface area contributed by atoms with Crippen LogP contribution in [0.2, 0.25) is 0 Å². The molecule has 1 aliphatic rings. The van der Waals surface area contributed by atoms with Gasteiger partial charge in [-0.2, -0.15) is 0 Å². The second-order valence-electron chi connectivity index (χ2n) is 6.81. The van der Waals surface area contributed by atoms with Crippen LogP contribution in [0.3, 0.4) is 0 Å². The Hall–Kier alpha value is -3.03. The Morgan fingerprint density at radius 3 is 2.18 bits per heavy atom. The lowest BCUT2D eigenvalue weighted by Crippen LogP contribution is -2.33. The number of carbonyl (C=O) groups excluding carboxylic acids is 1. The number of nitrogens with one attached hydrogen (secondary N) is 1. The molecule has 1 aromatic carbocycles. The molecule has 1 saturated heterocycles. The van der Waals surface area contributed by atoms with E-state index in [-0.39, 0.29) is 11.6 Å². The smallest absolute Gasteiger partial charge is 0.276 e. The number of methoxy groups -OCH3 is 3. The van der Waals surface area contributed by atoms with Gasteiger partial charge in [-0.15, -0.1) is 10.2 Å². The second kappa shape index (κ2) is 8.77. The number of carbonyl (C=O) groups is 1. The summed E-state index contributed by atoms with van der Waals surface area (Å²) in [5.74, 6) is 2.56. The number of ether oxygens (including phenoxy) is 3. The first-order chi connectivity index (χ1) is 13.5. The van der Waals surface area contributed by atoms with Crippen molar-refractivity contribution < 1.29 is 19.0 Å². The van der Waals surface area contributed by atoms with E-state index < -0.39 is 0 Å². The van der Waals surface area contributed by atoms with Crippen LogP contribution in [0.4, 0.5) is 11.5 Å². The third-order valence-corrected chi connectivity index (χ3v) is 4.91. The number of hydrogen-bond acceptors (Lipinski definition) is 7. The van der Waals surface area contributed by atoms with Crippen molar-refractivity contribution in [2.45, 2.75) is 19.8 Å². The molecular formula is C20H26N4O4. The van der Waals surface area contributed by atoms with E-state index in [0.29, 0.717) is 22.9 Å². The molecule has 8 nitrogen and oxygen atoms in total. The van der Waals surface area contributed by atoms with Crippen molar-refractivity contribution in [2.75, 3.05) is 44.6 Å². The normalized spacial score (nSPS) is 14.5. The molecule has 28 heavy (non-hydrogen) atoms. The highest BCUT2D eigenvalue weighted by atomic mass is 16.5. The molecule has 0 bridgehead atoms. The Morgan fingerprint density at radius 2 is 1.68 bits per heavy atom. The van der Waals surface area contributed by atoms with Crippen LogP contribution in [0.25, 0.3) is 0 Å². The topological polar surface area (TPSA) is 85.8 Å². The van der Waals surface area contributed by atoms with Crippen LogP contribution in [-0.4, -0.2) is 50.5 Å². The van der Waals surface area contributed by atoms with Gasteiger partial charge in [0, 0.05) is 30.9 Å². The lowest BCUT2D eigenvalue weighted by Gasteiger charge is -2.30. The summed E-state index contributed by atoms with van der Waals surface area (Å²) in [5, 5.41) is 11.1. The van der Waals surface area contributed by atoms with E-state index >= 15 is 0 Å². The van der Waals surface area contributed by atoms with E-state index in [1.54, 1.807) is 18.2 Å². The number of piperidine rings is 1. The fourth-order valence-electron chi connectivity index (χ4n) is 3.20. The molecule has 150 valence electrons. The SMILES string of the molecule is COc1cc(NC(=O)c2ccc(N3CCC(C)CC3)nn2)cc(OC)c1OC. The third-order valence-electron chi connectivity index (χ3n) is 4.91. The largest absolute Gasteiger partial charge is 0.493 e. The highest BCUT2D eigenvalue weighted by molar-refractivity contribution is 6.03. The maximum atomic E-state index is 12.6. The molecule has 1 fully saturated rings. The van der Waals surface area contributed by atoms with Crippen molar-refractivity contribution in [2.24, 2.45) is 5.92 Å². The number of amides is 1. The molecule has 1 aliphatic heterocycles. The fraction of sp³-hybridized carbons (Fsp3) is 0.450. The Kier molecular flexibility index (Phi) is 6.18. The summed E-state index contributed by atoms with van der Waals surface area (Å²) in [7, 11) is 4.57. The van der Waals surface area contributed by atoms with E-state index in [9.17, 15) is 4.79 Å². The van der Waals surface area contributed by atoms with Crippen molar-refractivity contribution in [1.29, 1.82) is 0 Å². The summed E-state index contributed by atoms with van der Waals surface area (Å²) in [5.41, 5.74) is 0.748. The quantitative estimate of drug-likeness (QED) is 0.817. The minimum atomic E-state index is -0.361. The van der Waals surface area contributed by atoms with Crippen LogP contribution in [0.1, 0.15) is 30.3 Å². The second-order valence-corrected chi connectivity index (χ2v) is 6.81. The zero-order valence-corrected chi connectivity index (χ0v) is 16.7. The Bertz CT molecular complexity index is 792. The Morgan fingerprint density at radius 1 is 1.04 bits per heavy atom. The van der Waals surface area contributed by atoms with Gasteiger partial charge >= 0.3 is 0 Å². The van der Waals surface area contributed by atoms with Crippen LogP contribution in [0, 0.1) is 5.92 Å². The molecule has 2 aromatic rings. The maximum absolute atomic E-state index is 12.6. The van der Waals surface area contributed by atoms with Gasteiger partial charge in [0.25, 0.3) is 5.91 Å². The Labute approximate surface area is 164 Å². The number of rotatable bonds is 6. The number of nitrogens with zero attached hydrogens (tertiary/aromatic N) is 3. The van der Waals surface area contributed by atoms with Gasteiger partial charge in [0.05, 0.1) is 21.3 Å². The predicted molar refractivity (Wildman–Crippen MR) is 107 cm³/mol. The van der Waals surface area contributed by atoms with E-state index in [4.69, 9.17) is 14.2 Å². The predicted octanol–water partition coefficient (Wildman–Crippen LogP) is 2.99. The van der Waals surface area contributed by atoms with Gasteiger partial charge in [0.1, 0.15) is 0 Å². The third kappa shape index (κ3) is 4.27. The van der Waals surface area contributed by atoms with E-state index in [2.05, 4.69) is 27.3 Å². The molecule has 0 saturated carbocycles. The van der Waals surface area contributed by atoms with Gasteiger partial charge in [-0.05, 0) is 30.9 Å². The monoisotopic (exact) mass is 386 g/mol. The van der Waals surface area contributed by atoms with Crippen molar-refractivity contribution in [3.63, 3.8) is 0 Å². The van der Waals surface area contributed by atoms with E-state index in [0.717, 1.165) is 37.7 Å². The maximum Gasteiger partial charge on any atom is 0.276 e. The Balaban J connectivity index is 1.72. The number of hydrogen-bond donors (Lipinski definition) is 1. The van der Waals surface area contributed by atoms with Crippen LogP contribution < -0.4 is 24.4 Å². The van der Waals surface area contributed by atoms with E-state index in [1.807, 2.05) is 6.07 Å². The highest BCUT2D eigenvalue weighted by Crippen LogP contribution is 2.40. The van der Waals surface area contributed by atoms with Gasteiger partial charge in [-0.25, -0.2) is 0 Å². The molecule has 0 aliphatic carbocycles. The lowest BCUT2D eigenvalue weighted by molar-refractivity contribution is 0.102. The molecule has 1 N–H and O–H groups in total. The van der Waals surface area contributed by atoms with Gasteiger partial charge in [0.15, 0.2) is 23.0 Å². The molecule has 3 rings (SSSR count). The summed E-state index contributed by atoms with van der Waals surface area (Å²) in [6, 6.07) is 6.85. The molecule has 8 heteroatoms. The van der Waals surface area contributed by atoms with E-state index in [1.165, 1.54) is 21.3 Å². The number of benzene rings is 1. The van der Waals surface area contributed by atoms with Crippen molar-refractivity contribution >= 4 is 17.4 Å². The zero-order chi connectivity index (χ0) is 20.1. The van der Waals surface area contributed by atoms with Crippen molar-refractivity contribution in [3.05, 3.63) is 30.0 Å². The lowest BCUT2D eigenvalue weighted by atomic mass is 9.99. The average molecular weight is 386 g/mol. The number of anilines is 2. The summed E-state index contributed by atoms with van der Waals surface area (Å²) < 4.78 is 15.9. The van der Waals surface area contributed by atoms with Crippen molar-refractivity contribution in [1.82, 2.24) is 10.2 Å². The first-order valence-electron chi connectivity index (χ1n) is 9.25. The standard InChI is InChI=1S/C20H26N4O4/c1-13-7-9-24(10-8-13)18-6-5-15(22-23-18)20(25)21-14-11-16(26-2)19(28-4)17(12-14)27-3/h5-6,11-13H,7-10H2,1-4H3,(H,21,25). The summed E-state index contributed by atoms with van der Waals surface area (Å²) in [6.45, 7) is 4.19. The first-order valence-corrected chi connectivity index (χ1v) is 9.25. The fourth-order valence-corrected chi connectivity index (χ4v) is 3.20. The molecule has 0 spiro atoms. The molecule has 0 unspecified atom stereocenters. The first kappa shape index (κ1) is 19.7. The van der Waals surface area contributed by atoms with Gasteiger partial charge in [-0.1, -0.05) is 6.92 Å². The molecule has 0 atom stereocenters. The van der Waals surface area contributed by atoms with Crippen LogP contribution >= 0.6 is 0 Å². The number of aromatic nitrogens is 2. The average Bonchev–Trinajstić information content (AvgIpc) is 2.73. The molecule has 2 heterocycles. The molecular weight excluding hydrogens is 360 g/mol. The zero-order valence-electron chi connectivity index (χ0n) is 16.7. The molecule has 0 radical (unpaired) electrons. The minimum absolute atomic E-state index is 0.239. The van der Waals surface area contributed by atoms with Crippen LogP contribution in [0.15, 0.2) is 24.3 Å². The molecule has 1 amide bonds. The molecule has 1 aromatic heterocycles. The van der Waals surface area contributed by atoms with Gasteiger partial charge in [0.2, 0.25) is 5.75 Å². The van der Waals surface area contributed by atoms with Crippen molar-refractivity contribution in [3.8, 4) is 17.2 Å². The van der Waals surface area contributed by atoms with Gasteiger partial charge < -0.3 is 24.4 Å². The van der Waals surface area contributed by atoms with Crippen LogP contribution in [0.5, 0.6) is 17.2 Å². The highest BCUT2D eigenvalue weighted by Gasteiger charge is 2.19. The minimum Gasteiger partial charge on any atom is -0.493 e. The summed E-state index contributed by atoms with van der Waals surface area (Å²) in [4.78, 5) is 14.8. The van der Waals surface area contributed by atoms with Crippen LogP contribution in [-0.2, 0) is 0 Å². The van der Waals surface area contributed by atoms with Gasteiger partial charge in [-0.3, -0.25) is 4.79 Å².